The second-order valence-electron chi connectivity index (χ2n) is 6.54. The first-order chi connectivity index (χ1) is 11.7. The molecular formula is C18H21N3O3. The first-order valence-electron chi connectivity index (χ1n) is 8.49. The van der Waals surface area contributed by atoms with Crippen molar-refractivity contribution in [3.63, 3.8) is 0 Å². The molecule has 0 unspecified atom stereocenters. The van der Waals surface area contributed by atoms with Gasteiger partial charge in [-0.05, 0) is 42.9 Å². The largest absolute Gasteiger partial charge is 0.497 e. The summed E-state index contributed by atoms with van der Waals surface area (Å²) in [4.78, 5) is 18.2. The molecule has 1 saturated carbocycles. The zero-order chi connectivity index (χ0) is 16.5. The van der Waals surface area contributed by atoms with Crippen LogP contribution >= 0.6 is 0 Å². The van der Waals surface area contributed by atoms with Crippen LogP contribution in [-0.4, -0.2) is 34.6 Å². The maximum absolute atomic E-state index is 11.9. The van der Waals surface area contributed by atoms with Crippen molar-refractivity contribution >= 4 is 5.91 Å². The standard InChI is InChI=1S/C18H21N3O3/c1-23-13-7-5-12(6-8-13)14-10-15(14)18-19-16(20-24-18)11-21-9-3-2-4-17(21)22/h5-8,14-15H,2-4,9-11H2,1H3/t14-,15+/m0/s1. The summed E-state index contributed by atoms with van der Waals surface area (Å²) in [5, 5.41) is 4.06. The molecule has 2 fully saturated rings. The number of hydrogen-bond donors (Lipinski definition) is 0. The molecule has 0 N–H and O–H groups in total. The molecule has 24 heavy (non-hydrogen) atoms. The summed E-state index contributed by atoms with van der Waals surface area (Å²) in [6.45, 7) is 1.25. The minimum atomic E-state index is 0.190. The second kappa shape index (κ2) is 6.26. The molecule has 2 aromatic rings. The summed E-state index contributed by atoms with van der Waals surface area (Å²) in [6, 6.07) is 8.14. The van der Waals surface area contributed by atoms with E-state index in [-0.39, 0.29) is 11.8 Å². The summed E-state index contributed by atoms with van der Waals surface area (Å²) < 4.78 is 10.6. The van der Waals surface area contributed by atoms with Crippen molar-refractivity contribution in [1.29, 1.82) is 0 Å². The summed E-state index contributed by atoms with van der Waals surface area (Å²) in [7, 11) is 1.67. The Balaban J connectivity index is 1.39. The molecule has 2 heterocycles. The SMILES string of the molecule is COc1ccc([C@@H]2C[C@H]2c2nc(CN3CCCCC3=O)no2)cc1. The molecule has 2 atom stereocenters. The van der Waals surface area contributed by atoms with Crippen LogP contribution in [0.1, 0.15) is 54.8 Å². The summed E-state index contributed by atoms with van der Waals surface area (Å²) in [6.07, 6.45) is 3.69. The normalized spacial score (nSPS) is 23.4. The highest BCUT2D eigenvalue weighted by molar-refractivity contribution is 5.76. The number of hydrogen-bond acceptors (Lipinski definition) is 5. The van der Waals surface area contributed by atoms with Gasteiger partial charge in [0.2, 0.25) is 11.8 Å². The first-order valence-corrected chi connectivity index (χ1v) is 8.49. The zero-order valence-corrected chi connectivity index (χ0v) is 13.8. The van der Waals surface area contributed by atoms with Gasteiger partial charge >= 0.3 is 0 Å². The van der Waals surface area contributed by atoms with Gasteiger partial charge in [-0.1, -0.05) is 17.3 Å². The highest BCUT2D eigenvalue weighted by Gasteiger charge is 2.43. The maximum atomic E-state index is 11.9. The third kappa shape index (κ3) is 3.00. The molecule has 2 aliphatic rings. The lowest BCUT2D eigenvalue weighted by Crippen LogP contribution is -2.34. The van der Waals surface area contributed by atoms with Crippen LogP contribution in [0.3, 0.4) is 0 Å². The van der Waals surface area contributed by atoms with Crippen LogP contribution in [0, 0.1) is 0 Å². The van der Waals surface area contributed by atoms with E-state index >= 15 is 0 Å². The molecule has 0 spiro atoms. The van der Waals surface area contributed by atoms with Gasteiger partial charge < -0.3 is 14.2 Å². The van der Waals surface area contributed by atoms with Crippen molar-refractivity contribution in [1.82, 2.24) is 15.0 Å². The van der Waals surface area contributed by atoms with Crippen molar-refractivity contribution < 1.29 is 14.1 Å². The van der Waals surface area contributed by atoms with Crippen molar-refractivity contribution in [2.24, 2.45) is 0 Å². The zero-order valence-electron chi connectivity index (χ0n) is 13.8. The van der Waals surface area contributed by atoms with E-state index < -0.39 is 0 Å². The molecule has 1 saturated heterocycles. The van der Waals surface area contributed by atoms with E-state index in [9.17, 15) is 4.79 Å². The Morgan fingerprint density at radius 3 is 2.83 bits per heavy atom. The van der Waals surface area contributed by atoms with Crippen molar-refractivity contribution in [2.45, 2.75) is 44.1 Å². The molecule has 6 nitrogen and oxygen atoms in total. The van der Waals surface area contributed by atoms with Gasteiger partial charge in [0.05, 0.1) is 13.7 Å². The maximum Gasteiger partial charge on any atom is 0.230 e. The van der Waals surface area contributed by atoms with Crippen LogP contribution in [0.25, 0.3) is 0 Å². The number of benzene rings is 1. The van der Waals surface area contributed by atoms with Crippen molar-refractivity contribution in [3.8, 4) is 5.75 Å². The molecule has 6 heteroatoms. The number of likely N-dealkylation sites (tertiary alicyclic amines) is 1. The Bertz CT molecular complexity index is 725. The molecule has 1 aliphatic carbocycles. The quantitative estimate of drug-likeness (QED) is 0.844. The van der Waals surface area contributed by atoms with E-state index in [0.717, 1.165) is 31.6 Å². The number of carbonyl (C=O) groups excluding carboxylic acids is 1. The molecular weight excluding hydrogens is 306 g/mol. The Morgan fingerprint density at radius 2 is 2.08 bits per heavy atom. The monoisotopic (exact) mass is 327 g/mol. The fourth-order valence-corrected chi connectivity index (χ4v) is 3.37. The van der Waals surface area contributed by atoms with Crippen molar-refractivity contribution in [3.05, 3.63) is 41.5 Å². The number of amides is 1. The molecule has 1 amide bonds. The van der Waals surface area contributed by atoms with Crippen LogP contribution in [0.2, 0.25) is 0 Å². The topological polar surface area (TPSA) is 68.5 Å². The smallest absolute Gasteiger partial charge is 0.230 e. The molecule has 1 aliphatic heterocycles. The van der Waals surface area contributed by atoms with Crippen LogP contribution in [0.15, 0.2) is 28.8 Å². The molecule has 0 radical (unpaired) electrons. The molecule has 0 bridgehead atoms. The second-order valence-corrected chi connectivity index (χ2v) is 6.54. The van der Waals surface area contributed by atoms with Crippen LogP contribution < -0.4 is 4.74 Å². The van der Waals surface area contributed by atoms with Crippen LogP contribution in [0.5, 0.6) is 5.75 Å². The highest BCUT2D eigenvalue weighted by atomic mass is 16.5. The number of aromatic nitrogens is 2. The Morgan fingerprint density at radius 1 is 1.25 bits per heavy atom. The third-order valence-electron chi connectivity index (χ3n) is 4.89. The number of methoxy groups -OCH3 is 1. The number of piperidine rings is 1. The number of ether oxygens (including phenoxy) is 1. The van der Waals surface area contributed by atoms with Crippen LogP contribution in [0.4, 0.5) is 0 Å². The van der Waals surface area contributed by atoms with Gasteiger partial charge in [-0.15, -0.1) is 0 Å². The van der Waals surface area contributed by atoms with E-state index in [2.05, 4.69) is 22.3 Å². The fourth-order valence-electron chi connectivity index (χ4n) is 3.37. The Hall–Kier alpha value is -2.37. The predicted molar refractivity (Wildman–Crippen MR) is 86.7 cm³/mol. The molecule has 126 valence electrons. The lowest BCUT2D eigenvalue weighted by molar-refractivity contribution is -0.134. The summed E-state index contributed by atoms with van der Waals surface area (Å²) >= 11 is 0. The number of nitrogens with zero attached hydrogens (tertiary/aromatic N) is 3. The lowest BCUT2D eigenvalue weighted by atomic mass is 10.1. The van der Waals surface area contributed by atoms with E-state index in [1.807, 2.05) is 17.0 Å². The average Bonchev–Trinajstić information content (AvgIpc) is 3.28. The van der Waals surface area contributed by atoms with Gasteiger partial charge in [0.1, 0.15) is 5.75 Å². The average molecular weight is 327 g/mol. The van der Waals surface area contributed by atoms with Crippen molar-refractivity contribution in [2.75, 3.05) is 13.7 Å². The van der Waals surface area contributed by atoms with Gasteiger partial charge in [0.25, 0.3) is 0 Å². The summed E-state index contributed by atoms with van der Waals surface area (Å²) in [5.74, 6) is 3.07. The minimum absolute atomic E-state index is 0.190. The van der Waals surface area contributed by atoms with E-state index in [1.165, 1.54) is 5.56 Å². The Labute approximate surface area is 140 Å². The summed E-state index contributed by atoms with van der Waals surface area (Å²) in [5.41, 5.74) is 1.27. The first kappa shape index (κ1) is 15.2. The Kier molecular flexibility index (Phi) is 3.96. The van der Waals surface area contributed by atoms with Gasteiger partial charge in [-0.25, -0.2) is 0 Å². The molecule has 1 aromatic carbocycles. The molecule has 1 aromatic heterocycles. The minimum Gasteiger partial charge on any atom is -0.497 e. The predicted octanol–water partition coefficient (Wildman–Crippen LogP) is 2.86. The van der Waals surface area contributed by atoms with Gasteiger partial charge in [0, 0.05) is 18.9 Å². The molecule has 4 rings (SSSR count). The highest BCUT2D eigenvalue weighted by Crippen LogP contribution is 2.54. The number of carbonyl (C=O) groups is 1. The van der Waals surface area contributed by atoms with E-state index in [4.69, 9.17) is 9.26 Å². The lowest BCUT2D eigenvalue weighted by Gasteiger charge is -2.25. The van der Waals surface area contributed by atoms with E-state index in [1.54, 1.807) is 7.11 Å². The third-order valence-corrected chi connectivity index (χ3v) is 4.89. The number of rotatable bonds is 5. The van der Waals surface area contributed by atoms with Gasteiger partial charge in [0.15, 0.2) is 5.82 Å². The van der Waals surface area contributed by atoms with Crippen LogP contribution in [-0.2, 0) is 11.3 Å². The van der Waals surface area contributed by atoms with Gasteiger partial charge in [-0.3, -0.25) is 4.79 Å². The fraction of sp³-hybridized carbons (Fsp3) is 0.500. The van der Waals surface area contributed by atoms with E-state index in [0.29, 0.717) is 30.6 Å². The van der Waals surface area contributed by atoms with Gasteiger partial charge in [-0.2, -0.15) is 4.98 Å².